The Bertz CT molecular complexity index is 411. The predicted molar refractivity (Wildman–Crippen MR) is 85.7 cm³/mol. The summed E-state index contributed by atoms with van der Waals surface area (Å²) in [6.07, 6.45) is 0.816. The van der Waals surface area contributed by atoms with Crippen LogP contribution >= 0.6 is 50.1 Å². The summed E-state index contributed by atoms with van der Waals surface area (Å²) in [5.41, 5.74) is 0.596. The number of hydrogen-bond acceptors (Lipinski definition) is 2. The Morgan fingerprint density at radius 1 is 1.61 bits per heavy atom. The summed E-state index contributed by atoms with van der Waals surface area (Å²) in [6.45, 7) is 0.495. The summed E-state index contributed by atoms with van der Waals surface area (Å²) in [5, 5.41) is 4.32. The molecule has 0 saturated heterocycles. The van der Waals surface area contributed by atoms with Crippen molar-refractivity contribution in [2.75, 3.05) is 19.0 Å². The third-order valence-corrected chi connectivity index (χ3v) is 3.97. The van der Waals surface area contributed by atoms with Gasteiger partial charge in [0.2, 0.25) is 0 Å². The third-order valence-electron chi connectivity index (χ3n) is 2.33. The van der Waals surface area contributed by atoms with Crippen molar-refractivity contribution in [3.63, 3.8) is 0 Å². The zero-order chi connectivity index (χ0) is 13.5. The molecule has 1 atom stereocenters. The summed E-state index contributed by atoms with van der Waals surface area (Å²) in [6, 6.07) is 5.27. The number of halogens is 3. The maximum atomic E-state index is 12.1. The van der Waals surface area contributed by atoms with E-state index in [2.05, 4.69) is 43.8 Å². The second-order valence-electron chi connectivity index (χ2n) is 3.73. The molecule has 1 aromatic carbocycles. The van der Waals surface area contributed by atoms with Crippen LogP contribution in [0, 0.1) is 3.57 Å². The van der Waals surface area contributed by atoms with Crippen LogP contribution in [0.5, 0.6) is 0 Å². The van der Waals surface area contributed by atoms with Crippen molar-refractivity contribution >= 4 is 56.0 Å². The van der Waals surface area contributed by atoms with Gasteiger partial charge in [-0.2, -0.15) is 0 Å². The molecule has 100 valence electrons. The first-order valence-electron chi connectivity index (χ1n) is 5.39. The van der Waals surface area contributed by atoms with E-state index in [1.54, 1.807) is 19.2 Å². The van der Waals surface area contributed by atoms with Crippen molar-refractivity contribution in [2.24, 2.45) is 0 Å². The maximum absolute atomic E-state index is 12.1. The number of amides is 1. The summed E-state index contributed by atoms with van der Waals surface area (Å²) >= 11 is 11.4. The number of rotatable bonds is 6. The number of ether oxygens (including phenoxy) is 1. The van der Waals surface area contributed by atoms with E-state index in [4.69, 9.17) is 16.3 Å². The van der Waals surface area contributed by atoms with Crippen LogP contribution in [0.3, 0.4) is 0 Å². The van der Waals surface area contributed by atoms with Gasteiger partial charge in [0.15, 0.2) is 0 Å². The lowest BCUT2D eigenvalue weighted by atomic mass is 10.2. The minimum atomic E-state index is -0.120. The molecule has 1 rings (SSSR count). The largest absolute Gasteiger partial charge is 0.383 e. The zero-order valence-corrected chi connectivity index (χ0v) is 14.4. The van der Waals surface area contributed by atoms with E-state index < -0.39 is 0 Å². The first-order valence-corrected chi connectivity index (χ1v) is 7.97. The Morgan fingerprint density at radius 2 is 2.33 bits per heavy atom. The van der Waals surface area contributed by atoms with Gasteiger partial charge in [0.05, 0.1) is 18.2 Å². The number of methoxy groups -OCH3 is 1. The Hall–Kier alpha value is 0.150. The molecule has 0 saturated carbocycles. The normalized spacial score (nSPS) is 12.2. The van der Waals surface area contributed by atoms with Crippen LogP contribution in [0.1, 0.15) is 16.8 Å². The monoisotopic (exact) mass is 445 g/mol. The lowest BCUT2D eigenvalue weighted by molar-refractivity contribution is 0.0894. The zero-order valence-electron chi connectivity index (χ0n) is 9.88. The van der Waals surface area contributed by atoms with Gasteiger partial charge in [-0.1, -0.05) is 27.5 Å². The third kappa shape index (κ3) is 5.03. The van der Waals surface area contributed by atoms with Gasteiger partial charge >= 0.3 is 0 Å². The molecule has 0 aliphatic carbocycles. The van der Waals surface area contributed by atoms with E-state index in [-0.39, 0.29) is 11.9 Å². The molecule has 0 fully saturated rings. The van der Waals surface area contributed by atoms with Crippen LogP contribution in [0.25, 0.3) is 0 Å². The van der Waals surface area contributed by atoms with Crippen molar-refractivity contribution in [3.8, 4) is 0 Å². The van der Waals surface area contributed by atoms with Gasteiger partial charge in [0, 0.05) is 21.0 Å². The summed E-state index contributed by atoms with van der Waals surface area (Å²) in [5.74, 6) is -0.120. The second-order valence-corrected chi connectivity index (χ2v) is 6.12. The molecule has 1 aromatic rings. The SMILES string of the molecule is COCC(CCBr)NC(=O)c1cc(Cl)ccc1I. The van der Waals surface area contributed by atoms with Crippen molar-refractivity contribution in [1.29, 1.82) is 0 Å². The fourth-order valence-electron chi connectivity index (χ4n) is 1.46. The minimum absolute atomic E-state index is 0.00310. The van der Waals surface area contributed by atoms with Gasteiger partial charge in [-0.15, -0.1) is 0 Å². The average molecular weight is 447 g/mol. The second kappa shape index (κ2) is 8.35. The summed E-state index contributed by atoms with van der Waals surface area (Å²) in [4.78, 5) is 12.1. The molecular formula is C12H14BrClINO2. The van der Waals surface area contributed by atoms with E-state index in [1.165, 1.54) is 0 Å². The molecule has 18 heavy (non-hydrogen) atoms. The van der Waals surface area contributed by atoms with E-state index in [9.17, 15) is 4.79 Å². The van der Waals surface area contributed by atoms with E-state index in [0.29, 0.717) is 17.2 Å². The molecule has 1 amide bonds. The number of nitrogens with one attached hydrogen (secondary N) is 1. The fraction of sp³-hybridized carbons (Fsp3) is 0.417. The smallest absolute Gasteiger partial charge is 0.252 e. The highest BCUT2D eigenvalue weighted by Gasteiger charge is 2.15. The number of benzene rings is 1. The fourth-order valence-corrected chi connectivity index (χ4v) is 2.77. The van der Waals surface area contributed by atoms with Crippen molar-refractivity contribution < 1.29 is 9.53 Å². The highest BCUT2D eigenvalue weighted by molar-refractivity contribution is 14.1. The van der Waals surface area contributed by atoms with Crippen LogP contribution in [0.15, 0.2) is 18.2 Å². The quantitative estimate of drug-likeness (QED) is 0.537. The van der Waals surface area contributed by atoms with Crippen molar-refractivity contribution in [1.82, 2.24) is 5.32 Å². The van der Waals surface area contributed by atoms with Crippen LogP contribution in [-0.2, 0) is 4.74 Å². The number of carbonyl (C=O) groups excluding carboxylic acids is 1. The average Bonchev–Trinajstić information content (AvgIpc) is 2.33. The Morgan fingerprint density at radius 3 is 2.94 bits per heavy atom. The molecular weight excluding hydrogens is 432 g/mol. The summed E-state index contributed by atoms with van der Waals surface area (Å²) < 4.78 is 5.96. The molecule has 0 aromatic heterocycles. The molecule has 0 aliphatic rings. The molecule has 0 spiro atoms. The predicted octanol–water partition coefficient (Wildman–Crippen LogP) is 3.47. The molecule has 3 nitrogen and oxygen atoms in total. The molecule has 1 N–H and O–H groups in total. The van der Waals surface area contributed by atoms with Crippen LogP contribution in [-0.4, -0.2) is 31.0 Å². The van der Waals surface area contributed by atoms with Crippen LogP contribution in [0.2, 0.25) is 5.02 Å². The van der Waals surface area contributed by atoms with Crippen LogP contribution < -0.4 is 5.32 Å². The first kappa shape index (κ1) is 16.2. The number of carbonyl (C=O) groups is 1. The van der Waals surface area contributed by atoms with Gasteiger partial charge in [0.1, 0.15) is 0 Å². The lowest BCUT2D eigenvalue weighted by Gasteiger charge is -2.17. The van der Waals surface area contributed by atoms with Crippen LogP contribution in [0.4, 0.5) is 0 Å². The number of hydrogen-bond donors (Lipinski definition) is 1. The Labute approximate surface area is 134 Å². The molecule has 0 radical (unpaired) electrons. The first-order chi connectivity index (χ1) is 8.58. The van der Waals surface area contributed by atoms with Crippen molar-refractivity contribution in [3.05, 3.63) is 32.4 Å². The summed E-state index contributed by atoms with van der Waals surface area (Å²) in [7, 11) is 1.62. The Kier molecular flexibility index (Phi) is 7.51. The van der Waals surface area contributed by atoms with Gasteiger partial charge in [0.25, 0.3) is 5.91 Å². The highest BCUT2D eigenvalue weighted by Crippen LogP contribution is 2.18. The van der Waals surface area contributed by atoms with E-state index in [0.717, 1.165) is 15.3 Å². The molecule has 0 bridgehead atoms. The molecule has 0 aliphatic heterocycles. The maximum Gasteiger partial charge on any atom is 0.252 e. The van der Waals surface area contributed by atoms with E-state index in [1.807, 2.05) is 6.07 Å². The van der Waals surface area contributed by atoms with E-state index >= 15 is 0 Å². The highest BCUT2D eigenvalue weighted by atomic mass is 127. The van der Waals surface area contributed by atoms with Gasteiger partial charge in [-0.25, -0.2) is 0 Å². The number of alkyl halides is 1. The molecule has 6 heteroatoms. The minimum Gasteiger partial charge on any atom is -0.383 e. The van der Waals surface area contributed by atoms with Crippen molar-refractivity contribution in [2.45, 2.75) is 12.5 Å². The lowest BCUT2D eigenvalue weighted by Crippen LogP contribution is -2.38. The standard InChI is InChI=1S/C12H14BrClINO2/c1-18-7-9(4-5-13)16-12(17)10-6-8(14)2-3-11(10)15/h2-3,6,9H,4-5,7H2,1H3,(H,16,17). The Balaban J connectivity index is 2.76. The topological polar surface area (TPSA) is 38.3 Å². The van der Waals surface area contributed by atoms with Gasteiger partial charge in [-0.05, 0) is 47.2 Å². The molecule has 0 heterocycles. The van der Waals surface area contributed by atoms with Gasteiger partial charge in [-0.3, -0.25) is 4.79 Å². The van der Waals surface area contributed by atoms with Gasteiger partial charge < -0.3 is 10.1 Å². The molecule has 1 unspecified atom stereocenters.